The Morgan fingerprint density at radius 1 is 1.24 bits per heavy atom. The second kappa shape index (κ2) is 6.90. The minimum atomic E-state index is -0.214. The first-order chi connectivity index (χ1) is 9.83. The van der Waals surface area contributed by atoms with Gasteiger partial charge in [-0.3, -0.25) is 0 Å². The molecule has 1 aromatic carbocycles. The number of pyridine rings is 1. The lowest BCUT2D eigenvalue weighted by Gasteiger charge is -2.21. The molecular formula is C16H18BrFN2S. The van der Waals surface area contributed by atoms with Gasteiger partial charge < -0.3 is 5.32 Å². The fraction of sp³-hybridized carbons (Fsp3) is 0.312. The van der Waals surface area contributed by atoms with Gasteiger partial charge in [0, 0.05) is 27.6 Å². The van der Waals surface area contributed by atoms with E-state index < -0.39 is 0 Å². The molecule has 0 aliphatic carbocycles. The zero-order valence-corrected chi connectivity index (χ0v) is 14.7. The minimum Gasteiger partial charge on any atom is -0.308 e. The molecule has 2 rings (SSSR count). The first-order valence-corrected chi connectivity index (χ1v) is 8.27. The van der Waals surface area contributed by atoms with Gasteiger partial charge in [0.25, 0.3) is 0 Å². The Bertz CT molecular complexity index is 609. The number of hydrogen-bond donors (Lipinski definition) is 1. The molecule has 0 aliphatic heterocycles. The van der Waals surface area contributed by atoms with E-state index >= 15 is 0 Å². The van der Waals surface area contributed by atoms with Crippen molar-refractivity contribution >= 4 is 27.7 Å². The third-order valence-corrected chi connectivity index (χ3v) is 4.28. The van der Waals surface area contributed by atoms with Crippen molar-refractivity contribution < 1.29 is 4.39 Å². The van der Waals surface area contributed by atoms with Crippen LogP contribution in [0.15, 0.2) is 50.9 Å². The van der Waals surface area contributed by atoms with Crippen LogP contribution in [0.5, 0.6) is 0 Å². The van der Waals surface area contributed by atoms with Gasteiger partial charge in [0.1, 0.15) is 10.8 Å². The fourth-order valence-corrected chi connectivity index (χ4v) is 2.78. The highest BCUT2D eigenvalue weighted by Gasteiger charge is 2.12. The third-order valence-electron chi connectivity index (χ3n) is 2.75. The van der Waals surface area contributed by atoms with Crippen LogP contribution >= 0.6 is 27.7 Å². The van der Waals surface area contributed by atoms with Crippen LogP contribution in [0.25, 0.3) is 0 Å². The highest BCUT2D eigenvalue weighted by Crippen LogP contribution is 2.30. The Morgan fingerprint density at radius 2 is 2.00 bits per heavy atom. The number of aromatic nitrogens is 1. The van der Waals surface area contributed by atoms with Gasteiger partial charge in [-0.05, 0) is 72.6 Å². The van der Waals surface area contributed by atoms with Crippen molar-refractivity contribution in [1.82, 2.24) is 10.3 Å². The Kier molecular flexibility index (Phi) is 5.41. The largest absolute Gasteiger partial charge is 0.308 e. The fourth-order valence-electron chi connectivity index (χ4n) is 1.68. The van der Waals surface area contributed by atoms with Gasteiger partial charge in [0.05, 0.1) is 0 Å². The summed E-state index contributed by atoms with van der Waals surface area (Å²) >= 11 is 4.91. The highest BCUT2D eigenvalue weighted by atomic mass is 79.9. The van der Waals surface area contributed by atoms with Gasteiger partial charge in [0.2, 0.25) is 0 Å². The number of hydrogen-bond acceptors (Lipinski definition) is 3. The van der Waals surface area contributed by atoms with Crippen LogP contribution in [0.4, 0.5) is 4.39 Å². The van der Waals surface area contributed by atoms with E-state index in [9.17, 15) is 4.39 Å². The van der Waals surface area contributed by atoms with Crippen LogP contribution in [0, 0.1) is 5.82 Å². The molecule has 0 unspecified atom stereocenters. The summed E-state index contributed by atoms with van der Waals surface area (Å²) < 4.78 is 14.4. The average Bonchev–Trinajstić information content (AvgIpc) is 2.40. The lowest BCUT2D eigenvalue weighted by atomic mass is 10.1. The summed E-state index contributed by atoms with van der Waals surface area (Å²) in [5, 5.41) is 4.28. The quantitative estimate of drug-likeness (QED) is 0.819. The van der Waals surface area contributed by atoms with E-state index in [2.05, 4.69) is 47.0 Å². The summed E-state index contributed by atoms with van der Waals surface area (Å²) in [5.41, 5.74) is 0.934. The maximum atomic E-state index is 13.5. The predicted molar refractivity (Wildman–Crippen MR) is 89.1 cm³/mol. The van der Waals surface area contributed by atoms with Gasteiger partial charge in [-0.25, -0.2) is 9.37 Å². The van der Waals surface area contributed by atoms with E-state index in [1.165, 1.54) is 6.07 Å². The van der Waals surface area contributed by atoms with Crippen molar-refractivity contribution in [2.45, 2.75) is 42.8 Å². The van der Waals surface area contributed by atoms with Gasteiger partial charge in [0.15, 0.2) is 0 Å². The van der Waals surface area contributed by atoms with Crippen LogP contribution in [0.2, 0.25) is 0 Å². The molecule has 0 saturated carbocycles. The summed E-state index contributed by atoms with van der Waals surface area (Å²) in [7, 11) is 0. The smallest absolute Gasteiger partial charge is 0.123 e. The zero-order valence-electron chi connectivity index (χ0n) is 12.3. The van der Waals surface area contributed by atoms with Crippen LogP contribution in [0.3, 0.4) is 0 Å². The van der Waals surface area contributed by atoms with Crippen LogP contribution in [0.1, 0.15) is 26.3 Å². The van der Waals surface area contributed by atoms with Gasteiger partial charge in [-0.2, -0.15) is 0 Å². The molecule has 0 spiro atoms. The normalized spacial score (nSPS) is 11.7. The molecule has 0 bridgehead atoms. The van der Waals surface area contributed by atoms with E-state index in [4.69, 9.17) is 0 Å². The predicted octanol–water partition coefficient (Wildman–Crippen LogP) is 5.02. The molecule has 5 heteroatoms. The number of nitrogens with one attached hydrogen (secondary N) is 1. The summed E-state index contributed by atoms with van der Waals surface area (Å²) in [6.07, 6.45) is 1.76. The molecule has 0 aliphatic rings. The molecule has 112 valence electrons. The van der Waals surface area contributed by atoms with Crippen molar-refractivity contribution in [2.75, 3.05) is 0 Å². The maximum Gasteiger partial charge on any atom is 0.123 e. The summed E-state index contributed by atoms with van der Waals surface area (Å²) in [4.78, 5) is 5.36. The van der Waals surface area contributed by atoms with Crippen LogP contribution in [-0.2, 0) is 6.54 Å². The first kappa shape index (κ1) is 16.5. The summed E-state index contributed by atoms with van der Waals surface area (Å²) in [5.74, 6) is -0.214. The molecule has 0 atom stereocenters. The summed E-state index contributed by atoms with van der Waals surface area (Å²) in [6.45, 7) is 6.90. The Labute approximate surface area is 137 Å². The minimum absolute atomic E-state index is 0.00981. The number of rotatable bonds is 4. The maximum absolute atomic E-state index is 13.5. The highest BCUT2D eigenvalue weighted by molar-refractivity contribution is 9.10. The van der Waals surface area contributed by atoms with Gasteiger partial charge in [-0.15, -0.1) is 0 Å². The van der Waals surface area contributed by atoms with Crippen LogP contribution in [-0.4, -0.2) is 10.5 Å². The number of halogens is 2. The van der Waals surface area contributed by atoms with Gasteiger partial charge >= 0.3 is 0 Å². The Balaban J connectivity index is 2.20. The molecule has 0 saturated heterocycles. The van der Waals surface area contributed by atoms with Crippen molar-refractivity contribution in [3.8, 4) is 0 Å². The van der Waals surface area contributed by atoms with Gasteiger partial charge in [-0.1, -0.05) is 11.8 Å². The van der Waals surface area contributed by atoms with E-state index in [0.717, 1.165) is 20.0 Å². The van der Waals surface area contributed by atoms with Crippen molar-refractivity contribution in [1.29, 1.82) is 0 Å². The van der Waals surface area contributed by atoms with Crippen molar-refractivity contribution in [2.24, 2.45) is 0 Å². The molecule has 21 heavy (non-hydrogen) atoms. The topological polar surface area (TPSA) is 24.9 Å². The van der Waals surface area contributed by atoms with Crippen molar-refractivity contribution in [3.63, 3.8) is 0 Å². The molecule has 2 nitrogen and oxygen atoms in total. The number of nitrogens with zero attached hydrogens (tertiary/aromatic N) is 1. The number of benzene rings is 1. The average molecular weight is 369 g/mol. The van der Waals surface area contributed by atoms with Crippen LogP contribution < -0.4 is 5.32 Å². The molecule has 1 aromatic heterocycles. The van der Waals surface area contributed by atoms with E-state index in [1.807, 2.05) is 18.2 Å². The van der Waals surface area contributed by atoms with E-state index in [1.54, 1.807) is 24.0 Å². The lowest BCUT2D eigenvalue weighted by molar-refractivity contribution is 0.422. The van der Waals surface area contributed by atoms with E-state index in [0.29, 0.717) is 6.54 Å². The second-order valence-corrected chi connectivity index (χ2v) is 7.75. The monoisotopic (exact) mass is 368 g/mol. The molecular weight excluding hydrogens is 351 g/mol. The Morgan fingerprint density at radius 3 is 2.62 bits per heavy atom. The molecule has 0 radical (unpaired) electrons. The molecule has 1 N–H and O–H groups in total. The van der Waals surface area contributed by atoms with Crippen molar-refractivity contribution in [3.05, 3.63) is 52.4 Å². The molecule has 1 heterocycles. The third kappa shape index (κ3) is 5.41. The lowest BCUT2D eigenvalue weighted by Crippen LogP contribution is -2.35. The summed E-state index contributed by atoms with van der Waals surface area (Å²) in [6, 6.07) is 8.77. The Hall–Kier alpha value is -0.910. The first-order valence-electron chi connectivity index (χ1n) is 6.66. The SMILES string of the molecule is CC(C)(C)NCc1cc(F)ccc1Sc1ccc(Br)cn1. The van der Waals surface area contributed by atoms with E-state index in [-0.39, 0.29) is 11.4 Å². The molecule has 0 fully saturated rings. The second-order valence-electron chi connectivity index (χ2n) is 5.77. The standard InChI is InChI=1S/C16H18BrFN2S/c1-16(2,3)20-9-11-8-13(18)5-6-14(11)21-15-7-4-12(17)10-19-15/h4-8,10,20H,9H2,1-3H3. The molecule has 2 aromatic rings. The zero-order chi connectivity index (χ0) is 15.5. The molecule has 0 amide bonds.